The number of carbonyl (C=O) groups is 1. The highest BCUT2D eigenvalue weighted by atomic mass is 35.5. The molecule has 0 aliphatic carbocycles. The van der Waals surface area contributed by atoms with Crippen molar-refractivity contribution in [1.29, 1.82) is 0 Å². The zero-order chi connectivity index (χ0) is 15.4. The molecule has 1 N–H and O–H groups in total. The Morgan fingerprint density at radius 2 is 2.24 bits per heavy atom. The third kappa shape index (κ3) is 3.43. The number of anilines is 1. The molecular weight excluding hydrogens is 317 g/mol. The molecule has 110 valence electrons. The van der Waals surface area contributed by atoms with Gasteiger partial charge >= 0.3 is 0 Å². The van der Waals surface area contributed by atoms with Crippen LogP contribution in [0.3, 0.4) is 0 Å². The molecular formula is C13H11ClFN3O2S. The molecule has 5 nitrogen and oxygen atoms in total. The quantitative estimate of drug-likeness (QED) is 0.690. The normalized spacial score (nSPS) is 10.3. The van der Waals surface area contributed by atoms with Gasteiger partial charge in [-0.25, -0.2) is 14.4 Å². The van der Waals surface area contributed by atoms with Crippen LogP contribution in [0.2, 0.25) is 5.02 Å². The van der Waals surface area contributed by atoms with Crippen molar-refractivity contribution in [3.05, 3.63) is 40.9 Å². The van der Waals surface area contributed by atoms with E-state index in [0.29, 0.717) is 5.16 Å². The van der Waals surface area contributed by atoms with Crippen LogP contribution < -0.4 is 10.1 Å². The van der Waals surface area contributed by atoms with Crippen LogP contribution in [0.25, 0.3) is 0 Å². The monoisotopic (exact) mass is 327 g/mol. The Kier molecular flexibility index (Phi) is 4.98. The number of hydrogen-bond acceptors (Lipinski definition) is 5. The van der Waals surface area contributed by atoms with Crippen molar-refractivity contribution >= 4 is 35.0 Å². The number of aromatic nitrogens is 2. The number of nitrogens with zero attached hydrogens (tertiary/aromatic N) is 2. The molecule has 0 bridgehead atoms. The molecule has 0 radical (unpaired) electrons. The van der Waals surface area contributed by atoms with Crippen LogP contribution in [-0.4, -0.2) is 29.2 Å². The second-order valence-electron chi connectivity index (χ2n) is 3.82. The summed E-state index contributed by atoms with van der Waals surface area (Å²) in [5.74, 6) is -1.04. The van der Waals surface area contributed by atoms with Gasteiger partial charge in [-0.15, -0.1) is 0 Å². The molecule has 2 rings (SSSR count). The minimum absolute atomic E-state index is 0.0266. The summed E-state index contributed by atoms with van der Waals surface area (Å²) in [7, 11) is 1.38. The lowest BCUT2D eigenvalue weighted by atomic mass is 10.2. The predicted molar refractivity (Wildman–Crippen MR) is 79.7 cm³/mol. The van der Waals surface area contributed by atoms with Crippen molar-refractivity contribution in [2.75, 3.05) is 18.7 Å². The van der Waals surface area contributed by atoms with Gasteiger partial charge in [0.15, 0.2) is 16.7 Å². The lowest BCUT2D eigenvalue weighted by Crippen LogP contribution is -2.16. The van der Waals surface area contributed by atoms with E-state index in [1.165, 1.54) is 43.3 Å². The van der Waals surface area contributed by atoms with E-state index in [0.717, 1.165) is 0 Å². The molecule has 0 aliphatic rings. The van der Waals surface area contributed by atoms with Crippen LogP contribution in [0.5, 0.6) is 5.75 Å². The highest BCUT2D eigenvalue weighted by molar-refractivity contribution is 7.98. The molecule has 0 atom stereocenters. The SMILES string of the molecule is COc1cccc(F)c1NC(=O)c1nc(SC)ncc1Cl. The second kappa shape index (κ2) is 6.73. The fraction of sp³-hybridized carbons (Fsp3) is 0.154. The number of carbonyl (C=O) groups excluding carboxylic acids is 1. The van der Waals surface area contributed by atoms with Gasteiger partial charge in [-0.1, -0.05) is 29.4 Å². The van der Waals surface area contributed by atoms with Crippen LogP contribution >= 0.6 is 23.4 Å². The summed E-state index contributed by atoms with van der Waals surface area (Å²) in [4.78, 5) is 20.2. The van der Waals surface area contributed by atoms with Gasteiger partial charge in [0.25, 0.3) is 5.91 Å². The van der Waals surface area contributed by atoms with Gasteiger partial charge in [-0.2, -0.15) is 0 Å². The van der Waals surface area contributed by atoms with E-state index in [1.807, 2.05) is 0 Å². The third-order valence-corrected chi connectivity index (χ3v) is 3.39. The average Bonchev–Trinajstić information content (AvgIpc) is 2.49. The first-order chi connectivity index (χ1) is 10.1. The molecule has 0 fully saturated rings. The average molecular weight is 328 g/mol. The number of rotatable bonds is 4. The van der Waals surface area contributed by atoms with Crippen molar-refractivity contribution < 1.29 is 13.9 Å². The van der Waals surface area contributed by atoms with Crippen LogP contribution in [0.4, 0.5) is 10.1 Å². The Morgan fingerprint density at radius 3 is 2.90 bits per heavy atom. The molecule has 0 saturated heterocycles. The zero-order valence-electron chi connectivity index (χ0n) is 11.2. The zero-order valence-corrected chi connectivity index (χ0v) is 12.8. The van der Waals surface area contributed by atoms with Gasteiger partial charge in [-0.05, 0) is 18.4 Å². The number of ether oxygens (including phenoxy) is 1. The summed E-state index contributed by atoms with van der Waals surface area (Å²) in [6.45, 7) is 0. The number of benzene rings is 1. The van der Waals surface area contributed by atoms with Gasteiger partial charge in [-0.3, -0.25) is 4.79 Å². The van der Waals surface area contributed by atoms with E-state index in [1.54, 1.807) is 6.26 Å². The molecule has 0 saturated carbocycles. The van der Waals surface area contributed by atoms with E-state index >= 15 is 0 Å². The highest BCUT2D eigenvalue weighted by Crippen LogP contribution is 2.28. The number of hydrogen-bond donors (Lipinski definition) is 1. The van der Waals surface area contributed by atoms with E-state index in [4.69, 9.17) is 16.3 Å². The van der Waals surface area contributed by atoms with Crippen LogP contribution in [0.15, 0.2) is 29.6 Å². The first kappa shape index (κ1) is 15.5. The van der Waals surface area contributed by atoms with Crippen molar-refractivity contribution in [3.63, 3.8) is 0 Å². The molecule has 1 amide bonds. The molecule has 2 aromatic rings. The lowest BCUT2D eigenvalue weighted by molar-refractivity contribution is 0.102. The number of nitrogens with one attached hydrogen (secondary N) is 1. The molecule has 0 aliphatic heterocycles. The number of halogens is 2. The first-order valence-electron chi connectivity index (χ1n) is 5.77. The number of para-hydroxylation sites is 1. The Balaban J connectivity index is 2.35. The van der Waals surface area contributed by atoms with Crippen LogP contribution in [0, 0.1) is 5.82 Å². The largest absolute Gasteiger partial charge is 0.494 e. The maximum atomic E-state index is 13.8. The van der Waals surface area contributed by atoms with Crippen LogP contribution in [0.1, 0.15) is 10.5 Å². The van der Waals surface area contributed by atoms with E-state index < -0.39 is 11.7 Å². The molecule has 0 spiro atoms. The minimum Gasteiger partial charge on any atom is -0.494 e. The minimum atomic E-state index is -0.638. The Hall–Kier alpha value is -1.86. The van der Waals surface area contributed by atoms with E-state index in [2.05, 4.69) is 15.3 Å². The van der Waals surface area contributed by atoms with Crippen LogP contribution in [-0.2, 0) is 0 Å². The van der Waals surface area contributed by atoms with Gasteiger partial charge in [0.1, 0.15) is 11.4 Å². The molecule has 1 aromatic carbocycles. The Labute approximate surface area is 129 Å². The second-order valence-corrected chi connectivity index (χ2v) is 5.01. The molecule has 8 heteroatoms. The maximum Gasteiger partial charge on any atom is 0.276 e. The molecule has 0 unspecified atom stereocenters. The van der Waals surface area contributed by atoms with Gasteiger partial charge in [0, 0.05) is 0 Å². The van der Waals surface area contributed by atoms with E-state index in [-0.39, 0.29) is 22.2 Å². The Morgan fingerprint density at radius 1 is 1.48 bits per heavy atom. The standard InChI is InChI=1S/C13H11ClFN3O2S/c1-20-9-5-3-4-8(15)11(9)17-12(19)10-7(14)6-16-13(18-10)21-2/h3-6H,1-2H3,(H,17,19). The third-order valence-electron chi connectivity index (χ3n) is 2.55. The molecule has 1 heterocycles. The maximum absolute atomic E-state index is 13.8. The summed E-state index contributed by atoms with van der Waals surface area (Å²) in [6, 6.07) is 4.23. The predicted octanol–water partition coefficient (Wildman–Crippen LogP) is 3.25. The number of methoxy groups -OCH3 is 1. The van der Waals surface area contributed by atoms with Gasteiger partial charge in [0.2, 0.25) is 0 Å². The van der Waals surface area contributed by atoms with E-state index in [9.17, 15) is 9.18 Å². The smallest absolute Gasteiger partial charge is 0.276 e. The molecule has 1 aromatic heterocycles. The van der Waals surface area contributed by atoms with Crippen molar-refractivity contribution in [3.8, 4) is 5.75 Å². The number of amides is 1. The van der Waals surface area contributed by atoms with Crippen molar-refractivity contribution in [1.82, 2.24) is 9.97 Å². The first-order valence-corrected chi connectivity index (χ1v) is 7.37. The summed E-state index contributed by atoms with van der Waals surface area (Å²) >= 11 is 7.17. The fourth-order valence-corrected chi connectivity index (χ4v) is 2.09. The topological polar surface area (TPSA) is 64.1 Å². The summed E-state index contributed by atoms with van der Waals surface area (Å²) in [6.07, 6.45) is 3.10. The fourth-order valence-electron chi connectivity index (χ4n) is 1.58. The van der Waals surface area contributed by atoms with Crippen molar-refractivity contribution in [2.24, 2.45) is 0 Å². The van der Waals surface area contributed by atoms with Gasteiger partial charge < -0.3 is 10.1 Å². The summed E-state index contributed by atoms with van der Waals surface area (Å²) in [5.41, 5.74) is -0.0910. The Bertz CT molecular complexity index is 684. The highest BCUT2D eigenvalue weighted by Gasteiger charge is 2.18. The van der Waals surface area contributed by atoms with Gasteiger partial charge in [0.05, 0.1) is 18.3 Å². The lowest BCUT2D eigenvalue weighted by Gasteiger charge is -2.11. The molecule has 21 heavy (non-hydrogen) atoms. The summed E-state index contributed by atoms with van der Waals surface area (Å²) in [5, 5.41) is 2.89. The number of thioether (sulfide) groups is 1. The summed E-state index contributed by atoms with van der Waals surface area (Å²) < 4.78 is 18.8. The van der Waals surface area contributed by atoms with Crippen molar-refractivity contribution in [2.45, 2.75) is 5.16 Å².